The van der Waals surface area contributed by atoms with Crippen molar-refractivity contribution in [2.24, 2.45) is 0 Å². The van der Waals surface area contributed by atoms with Gasteiger partial charge in [0.2, 0.25) is 0 Å². The normalized spacial score (nSPS) is 13.7. The van der Waals surface area contributed by atoms with Gasteiger partial charge >= 0.3 is 0 Å². The minimum absolute atomic E-state index is 0.139. The third-order valence-electron chi connectivity index (χ3n) is 6.40. The zero-order valence-electron chi connectivity index (χ0n) is 20.1. The molecule has 0 spiro atoms. The Morgan fingerprint density at radius 3 is 2.42 bits per heavy atom. The fourth-order valence-electron chi connectivity index (χ4n) is 4.51. The minimum atomic E-state index is -0.297. The van der Waals surface area contributed by atoms with Crippen LogP contribution in [0.25, 0.3) is 0 Å². The van der Waals surface area contributed by atoms with Crippen molar-refractivity contribution in [3.63, 3.8) is 0 Å². The van der Waals surface area contributed by atoms with Gasteiger partial charge in [-0.15, -0.1) is 0 Å². The molecule has 2 amide bonds. The van der Waals surface area contributed by atoms with E-state index in [9.17, 15) is 9.59 Å². The summed E-state index contributed by atoms with van der Waals surface area (Å²) in [7, 11) is 1.62. The molecule has 2 heterocycles. The summed E-state index contributed by atoms with van der Waals surface area (Å²) in [6, 6.07) is 29.0. The third kappa shape index (κ3) is 5.15. The maximum atomic E-state index is 13.3. The van der Waals surface area contributed by atoms with Crippen LogP contribution in [-0.2, 0) is 19.5 Å². The average molecular weight is 481 g/mol. The zero-order valence-corrected chi connectivity index (χ0v) is 20.1. The second-order valence-corrected chi connectivity index (χ2v) is 8.84. The average Bonchev–Trinajstić information content (AvgIpc) is 3.37. The number of methoxy groups -OCH3 is 1. The molecule has 1 aliphatic rings. The SMILES string of the molecule is COc1cccc(CN2CCn3nc(C(=O)NC(Cc4ccccc4)c4ccccc4)cc3C2=O)c1. The van der Waals surface area contributed by atoms with Gasteiger partial charge in [-0.2, -0.15) is 5.10 Å². The summed E-state index contributed by atoms with van der Waals surface area (Å²) in [6.07, 6.45) is 0.650. The lowest BCUT2D eigenvalue weighted by atomic mass is 9.98. The molecule has 3 aromatic carbocycles. The van der Waals surface area contributed by atoms with Gasteiger partial charge in [0, 0.05) is 19.2 Å². The molecule has 1 atom stereocenters. The summed E-state index contributed by atoms with van der Waals surface area (Å²) in [5, 5.41) is 7.59. The highest BCUT2D eigenvalue weighted by molar-refractivity contribution is 5.98. The molecule has 4 aromatic rings. The number of carbonyl (C=O) groups excluding carboxylic acids is 2. The summed E-state index contributed by atoms with van der Waals surface area (Å²) < 4.78 is 6.93. The summed E-state index contributed by atoms with van der Waals surface area (Å²) in [6.45, 7) is 1.52. The van der Waals surface area contributed by atoms with Gasteiger partial charge in [-0.3, -0.25) is 14.3 Å². The number of hydrogen-bond acceptors (Lipinski definition) is 4. The van der Waals surface area contributed by atoms with Crippen molar-refractivity contribution in [1.82, 2.24) is 20.0 Å². The molecule has 0 bridgehead atoms. The first kappa shape index (κ1) is 23.4. The summed E-state index contributed by atoms with van der Waals surface area (Å²) in [5.74, 6) is 0.317. The fourth-order valence-corrected chi connectivity index (χ4v) is 4.51. The highest BCUT2D eigenvalue weighted by atomic mass is 16.5. The standard InChI is InChI=1S/C29H28N4O3/c1-36-24-14-8-11-22(17-24)20-32-15-16-33-27(29(32)35)19-26(31-33)28(34)30-25(23-12-6-3-7-13-23)18-21-9-4-2-5-10-21/h2-14,17,19,25H,15-16,18,20H2,1H3,(H,30,34). The highest BCUT2D eigenvalue weighted by Gasteiger charge is 2.28. The molecule has 0 aliphatic carbocycles. The van der Waals surface area contributed by atoms with E-state index in [4.69, 9.17) is 4.74 Å². The molecule has 182 valence electrons. The molecule has 1 aromatic heterocycles. The van der Waals surface area contributed by atoms with Crippen molar-refractivity contribution >= 4 is 11.8 Å². The van der Waals surface area contributed by atoms with E-state index < -0.39 is 0 Å². The van der Waals surface area contributed by atoms with Crippen LogP contribution >= 0.6 is 0 Å². The number of amides is 2. The maximum absolute atomic E-state index is 13.3. The van der Waals surface area contributed by atoms with Crippen LogP contribution in [0.3, 0.4) is 0 Å². The quantitative estimate of drug-likeness (QED) is 0.409. The second-order valence-electron chi connectivity index (χ2n) is 8.84. The molecule has 0 saturated heterocycles. The molecular formula is C29H28N4O3. The van der Waals surface area contributed by atoms with Gasteiger partial charge in [-0.25, -0.2) is 0 Å². The van der Waals surface area contributed by atoms with Crippen molar-refractivity contribution in [1.29, 1.82) is 0 Å². The monoisotopic (exact) mass is 480 g/mol. The van der Waals surface area contributed by atoms with Crippen molar-refractivity contribution in [3.8, 4) is 5.75 Å². The van der Waals surface area contributed by atoms with Crippen LogP contribution in [0.2, 0.25) is 0 Å². The number of nitrogens with one attached hydrogen (secondary N) is 1. The van der Waals surface area contributed by atoms with Gasteiger partial charge in [0.05, 0.1) is 19.7 Å². The molecule has 7 heteroatoms. The van der Waals surface area contributed by atoms with E-state index in [1.165, 1.54) is 0 Å². The van der Waals surface area contributed by atoms with E-state index in [1.807, 2.05) is 84.9 Å². The number of carbonyl (C=O) groups is 2. The number of nitrogens with zero attached hydrogens (tertiary/aromatic N) is 3. The summed E-state index contributed by atoms with van der Waals surface area (Å²) in [4.78, 5) is 28.2. The number of benzene rings is 3. The molecule has 36 heavy (non-hydrogen) atoms. The first-order chi connectivity index (χ1) is 17.6. The number of hydrogen-bond donors (Lipinski definition) is 1. The van der Waals surface area contributed by atoms with Gasteiger partial charge in [0.1, 0.15) is 11.4 Å². The Kier molecular flexibility index (Phi) is 6.80. The Hall–Kier alpha value is -4.39. The Balaban J connectivity index is 1.32. The smallest absolute Gasteiger partial charge is 0.272 e. The van der Waals surface area contributed by atoms with Gasteiger partial charge < -0.3 is 15.0 Å². The largest absolute Gasteiger partial charge is 0.497 e. The highest BCUT2D eigenvalue weighted by Crippen LogP contribution is 2.21. The third-order valence-corrected chi connectivity index (χ3v) is 6.40. The van der Waals surface area contributed by atoms with Crippen LogP contribution in [0.1, 0.15) is 43.7 Å². The molecule has 1 N–H and O–H groups in total. The van der Waals surface area contributed by atoms with E-state index in [0.717, 1.165) is 22.4 Å². The predicted octanol–water partition coefficient (Wildman–Crippen LogP) is 4.26. The Labute approximate surface area is 210 Å². The lowest BCUT2D eigenvalue weighted by molar-refractivity contribution is 0.0682. The lowest BCUT2D eigenvalue weighted by Crippen LogP contribution is -2.39. The van der Waals surface area contributed by atoms with Crippen molar-refractivity contribution < 1.29 is 14.3 Å². The predicted molar refractivity (Wildman–Crippen MR) is 137 cm³/mol. The van der Waals surface area contributed by atoms with Crippen LogP contribution in [0.15, 0.2) is 91.0 Å². The van der Waals surface area contributed by atoms with E-state index in [1.54, 1.807) is 22.8 Å². The molecule has 1 unspecified atom stereocenters. The first-order valence-corrected chi connectivity index (χ1v) is 12.0. The summed E-state index contributed by atoms with van der Waals surface area (Å²) >= 11 is 0. The fraction of sp³-hybridized carbons (Fsp3) is 0.207. The van der Waals surface area contributed by atoms with Crippen LogP contribution in [0.5, 0.6) is 5.75 Å². The van der Waals surface area contributed by atoms with Gasteiger partial charge in [0.25, 0.3) is 11.8 Å². The molecule has 0 radical (unpaired) electrons. The Bertz CT molecular complexity index is 1350. The number of rotatable bonds is 8. The summed E-state index contributed by atoms with van der Waals surface area (Å²) in [5.41, 5.74) is 3.79. The van der Waals surface area contributed by atoms with E-state index >= 15 is 0 Å². The van der Waals surface area contributed by atoms with Gasteiger partial charge in [-0.1, -0.05) is 72.8 Å². The molecule has 0 saturated carbocycles. The Morgan fingerprint density at radius 2 is 1.67 bits per heavy atom. The van der Waals surface area contributed by atoms with E-state index in [2.05, 4.69) is 10.4 Å². The number of ether oxygens (including phenoxy) is 1. The molecule has 0 fully saturated rings. The van der Waals surface area contributed by atoms with Crippen molar-refractivity contribution in [2.75, 3.05) is 13.7 Å². The Morgan fingerprint density at radius 1 is 0.944 bits per heavy atom. The van der Waals surface area contributed by atoms with Crippen LogP contribution in [0, 0.1) is 0 Å². The van der Waals surface area contributed by atoms with E-state index in [-0.39, 0.29) is 23.6 Å². The molecule has 5 rings (SSSR count). The first-order valence-electron chi connectivity index (χ1n) is 12.0. The van der Waals surface area contributed by atoms with Gasteiger partial charge in [0.15, 0.2) is 5.69 Å². The zero-order chi connectivity index (χ0) is 24.9. The number of fused-ring (bicyclic) bond motifs is 1. The number of aromatic nitrogens is 2. The lowest BCUT2D eigenvalue weighted by Gasteiger charge is -2.27. The second kappa shape index (κ2) is 10.5. The topological polar surface area (TPSA) is 76.5 Å². The van der Waals surface area contributed by atoms with Crippen LogP contribution in [-0.4, -0.2) is 40.1 Å². The maximum Gasteiger partial charge on any atom is 0.272 e. The van der Waals surface area contributed by atoms with Crippen LogP contribution < -0.4 is 10.1 Å². The van der Waals surface area contributed by atoms with Crippen molar-refractivity contribution in [2.45, 2.75) is 25.6 Å². The molecule has 1 aliphatic heterocycles. The minimum Gasteiger partial charge on any atom is -0.497 e. The molecular weight excluding hydrogens is 452 g/mol. The van der Waals surface area contributed by atoms with Crippen LogP contribution in [0.4, 0.5) is 0 Å². The van der Waals surface area contributed by atoms with E-state index in [0.29, 0.717) is 31.7 Å². The van der Waals surface area contributed by atoms with Gasteiger partial charge in [-0.05, 0) is 35.2 Å². The molecule has 7 nitrogen and oxygen atoms in total. The van der Waals surface area contributed by atoms with Crippen molar-refractivity contribution in [3.05, 3.63) is 119 Å².